The lowest BCUT2D eigenvalue weighted by Crippen LogP contribution is -2.39. The largest absolute Gasteiger partial charge is 0.478 e. The van der Waals surface area contributed by atoms with Gasteiger partial charge in [-0.25, -0.2) is 9.18 Å². The van der Waals surface area contributed by atoms with Gasteiger partial charge in [-0.1, -0.05) is 24.3 Å². The highest BCUT2D eigenvalue weighted by Gasteiger charge is 2.22. The Hall–Kier alpha value is -2.69. The zero-order chi connectivity index (χ0) is 19.2. The van der Waals surface area contributed by atoms with Gasteiger partial charge in [0.2, 0.25) is 5.91 Å². The van der Waals surface area contributed by atoms with Gasteiger partial charge in [-0.05, 0) is 67.0 Å². The Kier molecular flexibility index (Phi) is 6.22. The van der Waals surface area contributed by atoms with E-state index >= 15 is 0 Å². The second-order valence-corrected chi connectivity index (χ2v) is 7.16. The number of hydrogen-bond donors (Lipinski definition) is 1. The van der Waals surface area contributed by atoms with Crippen molar-refractivity contribution in [3.8, 4) is 0 Å². The summed E-state index contributed by atoms with van der Waals surface area (Å²) in [6, 6.07) is 13.4. The third-order valence-corrected chi connectivity index (χ3v) is 5.21. The molecule has 0 bridgehead atoms. The molecule has 1 aliphatic heterocycles. The molecule has 5 heteroatoms. The second kappa shape index (κ2) is 8.80. The van der Waals surface area contributed by atoms with Crippen molar-refractivity contribution in [2.75, 3.05) is 13.1 Å². The number of aryl methyl sites for hydroxylation is 1. The number of likely N-dealkylation sites (tertiary alicyclic amines) is 1. The highest BCUT2D eigenvalue weighted by molar-refractivity contribution is 5.87. The first-order valence-corrected chi connectivity index (χ1v) is 9.36. The number of amides is 1. The van der Waals surface area contributed by atoms with Gasteiger partial charge in [-0.3, -0.25) is 4.79 Å². The van der Waals surface area contributed by atoms with E-state index in [1.54, 1.807) is 36.4 Å². The predicted molar refractivity (Wildman–Crippen MR) is 101 cm³/mol. The summed E-state index contributed by atoms with van der Waals surface area (Å²) in [5.74, 6) is -0.517. The van der Waals surface area contributed by atoms with Crippen LogP contribution >= 0.6 is 0 Å². The number of halogens is 1. The van der Waals surface area contributed by atoms with Crippen molar-refractivity contribution in [2.24, 2.45) is 5.92 Å². The van der Waals surface area contributed by atoms with Crippen molar-refractivity contribution in [2.45, 2.75) is 32.1 Å². The van der Waals surface area contributed by atoms with E-state index in [1.807, 2.05) is 11.0 Å². The zero-order valence-corrected chi connectivity index (χ0v) is 15.2. The highest BCUT2D eigenvalue weighted by atomic mass is 19.1. The molecule has 3 rings (SSSR count). The number of benzene rings is 2. The van der Waals surface area contributed by atoms with Crippen molar-refractivity contribution >= 4 is 11.9 Å². The van der Waals surface area contributed by atoms with Crippen LogP contribution < -0.4 is 0 Å². The molecule has 2 aromatic carbocycles. The Balaban J connectivity index is 1.43. The number of carboxylic acid groups (broad SMARTS) is 1. The number of carbonyl (C=O) groups is 2. The van der Waals surface area contributed by atoms with Crippen molar-refractivity contribution in [3.05, 3.63) is 71.0 Å². The Morgan fingerprint density at radius 2 is 1.74 bits per heavy atom. The number of hydrogen-bond acceptors (Lipinski definition) is 2. The SMILES string of the molecule is O=C(O)c1ccc(CCC(=O)N2CCC(Cc3cccc(F)c3)CC2)cc1. The maximum Gasteiger partial charge on any atom is 0.335 e. The Labute approximate surface area is 158 Å². The van der Waals surface area contributed by atoms with Crippen LogP contribution in [0.5, 0.6) is 0 Å². The van der Waals surface area contributed by atoms with E-state index < -0.39 is 5.97 Å². The lowest BCUT2D eigenvalue weighted by molar-refractivity contribution is -0.132. The lowest BCUT2D eigenvalue weighted by Gasteiger charge is -2.32. The van der Waals surface area contributed by atoms with E-state index in [4.69, 9.17) is 5.11 Å². The van der Waals surface area contributed by atoms with Crippen LogP contribution in [-0.4, -0.2) is 35.0 Å². The van der Waals surface area contributed by atoms with Gasteiger partial charge in [0.05, 0.1) is 5.56 Å². The smallest absolute Gasteiger partial charge is 0.335 e. The summed E-state index contributed by atoms with van der Waals surface area (Å²) in [6.07, 6.45) is 3.78. The minimum Gasteiger partial charge on any atom is -0.478 e. The summed E-state index contributed by atoms with van der Waals surface area (Å²) in [7, 11) is 0. The third kappa shape index (κ3) is 5.39. The zero-order valence-electron chi connectivity index (χ0n) is 15.2. The maximum atomic E-state index is 13.3. The quantitative estimate of drug-likeness (QED) is 0.839. The molecule has 0 spiro atoms. The fourth-order valence-corrected chi connectivity index (χ4v) is 3.61. The average Bonchev–Trinajstić information content (AvgIpc) is 2.67. The number of piperidine rings is 1. The van der Waals surface area contributed by atoms with Crippen molar-refractivity contribution in [3.63, 3.8) is 0 Å². The van der Waals surface area contributed by atoms with E-state index in [1.165, 1.54) is 6.07 Å². The van der Waals surface area contributed by atoms with Gasteiger partial charge in [0.1, 0.15) is 5.82 Å². The second-order valence-electron chi connectivity index (χ2n) is 7.16. The fourth-order valence-electron chi connectivity index (χ4n) is 3.61. The van der Waals surface area contributed by atoms with Gasteiger partial charge < -0.3 is 10.0 Å². The van der Waals surface area contributed by atoms with Crippen LogP contribution in [-0.2, 0) is 17.6 Å². The van der Waals surface area contributed by atoms with Crippen LogP contribution in [0.25, 0.3) is 0 Å². The third-order valence-electron chi connectivity index (χ3n) is 5.21. The predicted octanol–water partition coefficient (Wildman–Crippen LogP) is 3.94. The molecule has 0 unspecified atom stereocenters. The van der Waals surface area contributed by atoms with Crippen LogP contribution in [0.2, 0.25) is 0 Å². The van der Waals surface area contributed by atoms with Gasteiger partial charge >= 0.3 is 5.97 Å². The van der Waals surface area contributed by atoms with Crippen molar-refractivity contribution < 1.29 is 19.1 Å². The first-order valence-electron chi connectivity index (χ1n) is 9.36. The van der Waals surface area contributed by atoms with Gasteiger partial charge in [-0.2, -0.15) is 0 Å². The van der Waals surface area contributed by atoms with Crippen molar-refractivity contribution in [1.82, 2.24) is 4.90 Å². The van der Waals surface area contributed by atoms with Crippen LogP contribution in [0.3, 0.4) is 0 Å². The summed E-state index contributed by atoms with van der Waals surface area (Å²) in [6.45, 7) is 1.49. The lowest BCUT2D eigenvalue weighted by atomic mass is 9.90. The minimum atomic E-state index is -0.946. The summed E-state index contributed by atoms with van der Waals surface area (Å²) >= 11 is 0. The molecular formula is C22H24FNO3. The van der Waals surface area contributed by atoms with Gasteiger partial charge in [0, 0.05) is 19.5 Å². The normalized spacial score (nSPS) is 14.9. The minimum absolute atomic E-state index is 0.140. The molecular weight excluding hydrogens is 345 g/mol. The highest BCUT2D eigenvalue weighted by Crippen LogP contribution is 2.22. The topological polar surface area (TPSA) is 57.6 Å². The molecule has 2 aromatic rings. The molecule has 1 saturated heterocycles. The number of nitrogens with zero attached hydrogens (tertiary/aromatic N) is 1. The molecule has 0 aromatic heterocycles. The summed E-state index contributed by atoms with van der Waals surface area (Å²) < 4.78 is 13.3. The first-order chi connectivity index (χ1) is 13.0. The number of carboxylic acids is 1. The fraction of sp³-hybridized carbons (Fsp3) is 0.364. The molecule has 142 valence electrons. The molecule has 4 nitrogen and oxygen atoms in total. The summed E-state index contributed by atoms with van der Waals surface area (Å²) in [4.78, 5) is 25.2. The Morgan fingerprint density at radius 1 is 1.04 bits per heavy atom. The molecule has 0 radical (unpaired) electrons. The molecule has 0 atom stereocenters. The molecule has 1 heterocycles. The maximum absolute atomic E-state index is 13.3. The number of aromatic carboxylic acids is 1. The summed E-state index contributed by atoms with van der Waals surface area (Å²) in [5, 5.41) is 8.91. The van der Waals surface area contributed by atoms with Crippen LogP contribution in [0, 0.1) is 11.7 Å². The molecule has 0 aliphatic carbocycles. The molecule has 1 N–H and O–H groups in total. The van der Waals surface area contributed by atoms with E-state index in [-0.39, 0.29) is 17.3 Å². The van der Waals surface area contributed by atoms with E-state index in [0.29, 0.717) is 18.8 Å². The van der Waals surface area contributed by atoms with Gasteiger partial charge in [0.15, 0.2) is 0 Å². The molecule has 1 fully saturated rings. The van der Waals surface area contributed by atoms with Crippen LogP contribution in [0.15, 0.2) is 48.5 Å². The molecule has 1 amide bonds. The first kappa shape index (κ1) is 19.1. The van der Waals surface area contributed by atoms with E-state index in [2.05, 4.69) is 0 Å². The van der Waals surface area contributed by atoms with Crippen LogP contribution in [0.4, 0.5) is 4.39 Å². The van der Waals surface area contributed by atoms with Crippen LogP contribution in [0.1, 0.15) is 40.7 Å². The van der Waals surface area contributed by atoms with Crippen molar-refractivity contribution in [1.29, 1.82) is 0 Å². The Bertz CT molecular complexity index is 795. The van der Waals surface area contributed by atoms with E-state index in [9.17, 15) is 14.0 Å². The van der Waals surface area contributed by atoms with Gasteiger partial charge in [-0.15, -0.1) is 0 Å². The standard InChI is InChI=1S/C22H24FNO3/c23-20-3-1-2-18(15-20)14-17-10-12-24(13-11-17)21(25)9-6-16-4-7-19(8-5-16)22(26)27/h1-5,7-8,15,17H,6,9-14H2,(H,26,27). The van der Waals surface area contributed by atoms with Gasteiger partial charge in [0.25, 0.3) is 0 Å². The molecule has 1 aliphatic rings. The summed E-state index contributed by atoms with van der Waals surface area (Å²) in [5.41, 5.74) is 2.24. The van der Waals surface area contributed by atoms with E-state index in [0.717, 1.165) is 43.5 Å². The number of rotatable bonds is 6. The average molecular weight is 369 g/mol. The molecule has 27 heavy (non-hydrogen) atoms. The monoisotopic (exact) mass is 369 g/mol. The number of carbonyl (C=O) groups excluding carboxylic acids is 1. The molecule has 0 saturated carbocycles. The Morgan fingerprint density at radius 3 is 2.37 bits per heavy atom.